The molecule has 5 nitrogen and oxygen atoms in total. The molecule has 0 unspecified atom stereocenters. The Morgan fingerprint density at radius 3 is 2.62 bits per heavy atom. The number of rotatable bonds is 4. The fourth-order valence-corrected chi connectivity index (χ4v) is 2.42. The molecule has 122 valence electrons. The third-order valence-corrected chi connectivity index (χ3v) is 3.60. The molecule has 0 spiro atoms. The van der Waals surface area contributed by atoms with Gasteiger partial charge in [0, 0.05) is 11.8 Å². The molecule has 3 rings (SSSR count). The Bertz CT molecular complexity index is 942. The highest BCUT2D eigenvalue weighted by atomic mass is 16.5. The van der Waals surface area contributed by atoms with Crippen molar-refractivity contribution in [2.24, 2.45) is 0 Å². The molecule has 1 aromatic heterocycles. The highest BCUT2D eigenvalue weighted by molar-refractivity contribution is 6.03. The number of benzene rings is 2. The van der Waals surface area contributed by atoms with Crippen LogP contribution in [-0.4, -0.2) is 12.5 Å². The van der Waals surface area contributed by atoms with Crippen molar-refractivity contribution >= 4 is 22.6 Å². The fraction of sp³-hybridized carbons (Fsp3) is 0.158. The molecule has 1 amide bonds. The van der Waals surface area contributed by atoms with Crippen LogP contribution in [0.15, 0.2) is 57.7 Å². The molecule has 0 fully saturated rings. The van der Waals surface area contributed by atoms with Gasteiger partial charge in [-0.3, -0.25) is 9.59 Å². The first-order valence-electron chi connectivity index (χ1n) is 7.66. The molecule has 5 heteroatoms. The van der Waals surface area contributed by atoms with E-state index in [0.717, 1.165) is 11.3 Å². The minimum Gasteiger partial charge on any atom is -0.494 e. The minimum atomic E-state index is -0.471. The second-order valence-electron chi connectivity index (χ2n) is 5.34. The van der Waals surface area contributed by atoms with Crippen LogP contribution in [0.2, 0.25) is 0 Å². The van der Waals surface area contributed by atoms with Gasteiger partial charge >= 0.3 is 0 Å². The summed E-state index contributed by atoms with van der Waals surface area (Å²) in [6.45, 7) is 4.31. The molecule has 0 aliphatic heterocycles. The zero-order valence-corrected chi connectivity index (χ0v) is 13.5. The lowest BCUT2D eigenvalue weighted by atomic mass is 10.1. The van der Waals surface area contributed by atoms with E-state index in [0.29, 0.717) is 23.3 Å². The van der Waals surface area contributed by atoms with E-state index in [1.807, 2.05) is 19.9 Å². The molecule has 3 aromatic rings. The molecule has 1 N–H and O–H groups in total. The van der Waals surface area contributed by atoms with Crippen LogP contribution in [-0.2, 0) is 0 Å². The van der Waals surface area contributed by atoms with Gasteiger partial charge in [0.25, 0.3) is 5.91 Å². The largest absolute Gasteiger partial charge is 0.494 e. The van der Waals surface area contributed by atoms with Crippen molar-refractivity contribution in [1.29, 1.82) is 0 Å². The minimum absolute atomic E-state index is 0.0179. The fourth-order valence-electron chi connectivity index (χ4n) is 2.42. The third-order valence-electron chi connectivity index (χ3n) is 3.60. The van der Waals surface area contributed by atoms with Crippen LogP contribution < -0.4 is 15.5 Å². The van der Waals surface area contributed by atoms with Gasteiger partial charge in [-0.15, -0.1) is 0 Å². The number of ether oxygens (including phenoxy) is 1. The van der Waals surface area contributed by atoms with Gasteiger partial charge in [-0.25, -0.2) is 0 Å². The summed E-state index contributed by atoms with van der Waals surface area (Å²) < 4.78 is 11.0. The normalized spacial score (nSPS) is 10.6. The second kappa shape index (κ2) is 6.58. The summed E-state index contributed by atoms with van der Waals surface area (Å²) in [6, 6.07) is 13.5. The van der Waals surface area contributed by atoms with Gasteiger partial charge in [0.1, 0.15) is 11.3 Å². The standard InChI is InChI=1S/C19H17NO4/c1-3-23-14-9-7-13(8-10-14)20-19(22)17-11-16(21)15-6-4-5-12(2)18(15)24-17/h4-11H,3H2,1-2H3,(H,20,22). The predicted molar refractivity (Wildman–Crippen MR) is 92.8 cm³/mol. The molecule has 2 aromatic carbocycles. The molecule has 0 radical (unpaired) electrons. The number of hydrogen-bond acceptors (Lipinski definition) is 4. The molecule has 0 saturated heterocycles. The Morgan fingerprint density at radius 2 is 1.92 bits per heavy atom. The highest BCUT2D eigenvalue weighted by Crippen LogP contribution is 2.19. The van der Waals surface area contributed by atoms with Gasteiger partial charge < -0.3 is 14.5 Å². The predicted octanol–water partition coefficient (Wildman–Crippen LogP) is 3.75. The Labute approximate surface area is 138 Å². The Balaban J connectivity index is 1.88. The van der Waals surface area contributed by atoms with E-state index in [4.69, 9.17) is 9.15 Å². The van der Waals surface area contributed by atoms with Gasteiger partial charge in [-0.1, -0.05) is 12.1 Å². The number of aryl methyl sites for hydroxylation is 1. The Morgan fingerprint density at radius 1 is 1.17 bits per heavy atom. The van der Waals surface area contributed by atoms with Crippen molar-refractivity contribution in [2.45, 2.75) is 13.8 Å². The van der Waals surface area contributed by atoms with E-state index in [1.165, 1.54) is 6.07 Å². The average molecular weight is 323 g/mol. The van der Waals surface area contributed by atoms with Crippen molar-refractivity contribution in [3.05, 3.63) is 70.1 Å². The maximum absolute atomic E-state index is 12.4. The molecule has 0 atom stereocenters. The SMILES string of the molecule is CCOc1ccc(NC(=O)c2cc(=O)c3cccc(C)c3o2)cc1. The summed E-state index contributed by atoms with van der Waals surface area (Å²) in [4.78, 5) is 24.5. The number of hydrogen-bond donors (Lipinski definition) is 1. The van der Waals surface area contributed by atoms with Crippen molar-refractivity contribution in [3.63, 3.8) is 0 Å². The first kappa shape index (κ1) is 15.8. The summed E-state index contributed by atoms with van der Waals surface area (Å²) in [5, 5.41) is 3.18. The molecule has 1 heterocycles. The number of amides is 1. The van der Waals surface area contributed by atoms with Crippen LogP contribution in [0.3, 0.4) is 0 Å². The Kier molecular flexibility index (Phi) is 4.33. The first-order chi connectivity index (χ1) is 11.6. The van der Waals surface area contributed by atoms with E-state index in [9.17, 15) is 9.59 Å². The topological polar surface area (TPSA) is 68.5 Å². The van der Waals surface area contributed by atoms with Gasteiger partial charge in [-0.05, 0) is 49.7 Å². The first-order valence-corrected chi connectivity index (χ1v) is 7.66. The van der Waals surface area contributed by atoms with Crippen molar-refractivity contribution in [3.8, 4) is 5.75 Å². The van der Waals surface area contributed by atoms with Gasteiger partial charge in [0.15, 0.2) is 11.2 Å². The molecule has 0 aliphatic rings. The van der Waals surface area contributed by atoms with E-state index in [2.05, 4.69) is 5.32 Å². The van der Waals surface area contributed by atoms with E-state index in [1.54, 1.807) is 36.4 Å². The number of fused-ring (bicyclic) bond motifs is 1. The van der Waals surface area contributed by atoms with Crippen LogP contribution in [0.5, 0.6) is 5.75 Å². The van der Waals surface area contributed by atoms with E-state index < -0.39 is 5.91 Å². The quantitative estimate of drug-likeness (QED) is 0.794. The van der Waals surface area contributed by atoms with E-state index in [-0.39, 0.29) is 11.2 Å². The molecule has 0 aliphatic carbocycles. The zero-order chi connectivity index (χ0) is 17.1. The highest BCUT2D eigenvalue weighted by Gasteiger charge is 2.13. The monoisotopic (exact) mass is 323 g/mol. The second-order valence-corrected chi connectivity index (χ2v) is 5.34. The molecule has 0 bridgehead atoms. The molecular weight excluding hydrogens is 306 g/mol. The van der Waals surface area contributed by atoms with E-state index >= 15 is 0 Å². The van der Waals surface area contributed by atoms with Gasteiger partial charge in [-0.2, -0.15) is 0 Å². The lowest BCUT2D eigenvalue weighted by molar-refractivity contribution is 0.0997. The number of anilines is 1. The van der Waals surface area contributed by atoms with Crippen LogP contribution in [0, 0.1) is 6.92 Å². The lowest BCUT2D eigenvalue weighted by Gasteiger charge is -2.08. The van der Waals surface area contributed by atoms with Crippen LogP contribution in [0.1, 0.15) is 23.0 Å². The van der Waals surface area contributed by atoms with Crippen molar-refractivity contribution in [2.75, 3.05) is 11.9 Å². The maximum atomic E-state index is 12.4. The maximum Gasteiger partial charge on any atom is 0.291 e. The van der Waals surface area contributed by atoms with Crippen LogP contribution in [0.25, 0.3) is 11.0 Å². The molecule has 0 saturated carbocycles. The number of nitrogens with one attached hydrogen (secondary N) is 1. The molecular formula is C19H17NO4. The smallest absolute Gasteiger partial charge is 0.291 e. The van der Waals surface area contributed by atoms with Crippen molar-refractivity contribution < 1.29 is 13.9 Å². The van der Waals surface area contributed by atoms with Crippen molar-refractivity contribution in [1.82, 2.24) is 0 Å². The summed E-state index contributed by atoms with van der Waals surface area (Å²) in [5.41, 5.74) is 1.59. The number of carbonyl (C=O) groups excluding carboxylic acids is 1. The van der Waals surface area contributed by atoms with Crippen LogP contribution >= 0.6 is 0 Å². The number of para-hydroxylation sites is 1. The summed E-state index contributed by atoms with van der Waals surface area (Å²) >= 11 is 0. The molecule has 24 heavy (non-hydrogen) atoms. The third kappa shape index (κ3) is 3.15. The summed E-state index contributed by atoms with van der Waals surface area (Å²) in [6.07, 6.45) is 0. The lowest BCUT2D eigenvalue weighted by Crippen LogP contribution is -2.15. The average Bonchev–Trinajstić information content (AvgIpc) is 2.57. The van der Waals surface area contributed by atoms with Gasteiger partial charge in [0.2, 0.25) is 0 Å². The summed E-state index contributed by atoms with van der Waals surface area (Å²) in [7, 11) is 0. The number of carbonyl (C=O) groups is 1. The zero-order valence-electron chi connectivity index (χ0n) is 13.5. The van der Waals surface area contributed by atoms with Crippen LogP contribution in [0.4, 0.5) is 5.69 Å². The summed E-state index contributed by atoms with van der Waals surface area (Å²) in [5.74, 6) is 0.237. The van der Waals surface area contributed by atoms with Gasteiger partial charge in [0.05, 0.1) is 12.0 Å². The Hall–Kier alpha value is -3.08.